The van der Waals surface area contributed by atoms with Crippen molar-refractivity contribution >= 4 is 29.1 Å². The Balaban J connectivity index is 1.86. The third-order valence-electron chi connectivity index (χ3n) is 3.73. The normalized spacial score (nSPS) is 15.9. The van der Waals surface area contributed by atoms with Crippen LogP contribution in [0.3, 0.4) is 0 Å². The Kier molecular flexibility index (Phi) is 5.20. The molecule has 1 N–H and O–H groups in total. The summed E-state index contributed by atoms with van der Waals surface area (Å²) in [6.45, 7) is 6.59. The summed E-state index contributed by atoms with van der Waals surface area (Å²) < 4.78 is 0. The maximum Gasteiger partial charge on any atom is 0.238 e. The number of hydrogen-bond donors (Lipinski definition) is 1. The number of nitrogens with one attached hydrogen (secondary N) is 1. The predicted molar refractivity (Wildman–Crippen MR) is 83.5 cm³/mol. The molecule has 21 heavy (non-hydrogen) atoms. The molecule has 114 valence electrons. The van der Waals surface area contributed by atoms with Crippen LogP contribution in [0.2, 0.25) is 5.02 Å². The first-order chi connectivity index (χ1) is 9.97. The fraction of sp³-hybridized carbons (Fsp3) is 0.467. The molecule has 6 heteroatoms. The van der Waals surface area contributed by atoms with Gasteiger partial charge in [0.25, 0.3) is 0 Å². The predicted octanol–water partition coefficient (Wildman–Crippen LogP) is 1.75. The van der Waals surface area contributed by atoms with E-state index < -0.39 is 0 Å². The van der Waals surface area contributed by atoms with Gasteiger partial charge in [0.05, 0.1) is 6.54 Å². The molecular weight excluding hydrogens is 290 g/mol. The third kappa shape index (κ3) is 4.19. The number of anilines is 1. The Bertz CT molecular complexity index is 540. The Morgan fingerprint density at radius 1 is 1.24 bits per heavy atom. The smallest absolute Gasteiger partial charge is 0.238 e. The Hall–Kier alpha value is -1.59. The van der Waals surface area contributed by atoms with E-state index in [2.05, 4.69) is 10.2 Å². The quantitative estimate of drug-likeness (QED) is 0.925. The van der Waals surface area contributed by atoms with E-state index in [0.29, 0.717) is 24.7 Å². The zero-order chi connectivity index (χ0) is 15.4. The Morgan fingerprint density at radius 3 is 2.52 bits per heavy atom. The van der Waals surface area contributed by atoms with Gasteiger partial charge in [-0.25, -0.2) is 0 Å². The van der Waals surface area contributed by atoms with Gasteiger partial charge in [0.2, 0.25) is 11.8 Å². The van der Waals surface area contributed by atoms with Gasteiger partial charge >= 0.3 is 0 Å². The Labute approximate surface area is 129 Å². The zero-order valence-electron chi connectivity index (χ0n) is 12.4. The van der Waals surface area contributed by atoms with Crippen LogP contribution in [0.25, 0.3) is 0 Å². The number of rotatable bonds is 3. The number of piperazine rings is 1. The summed E-state index contributed by atoms with van der Waals surface area (Å²) in [5.41, 5.74) is 1.61. The first-order valence-electron chi connectivity index (χ1n) is 7.00. The molecule has 2 amide bonds. The molecule has 1 saturated heterocycles. The van der Waals surface area contributed by atoms with E-state index in [9.17, 15) is 9.59 Å². The highest BCUT2D eigenvalue weighted by Crippen LogP contribution is 2.22. The van der Waals surface area contributed by atoms with Crippen LogP contribution in [0.1, 0.15) is 12.5 Å². The minimum absolute atomic E-state index is 0.0587. The second-order valence-corrected chi connectivity index (χ2v) is 5.65. The fourth-order valence-corrected chi connectivity index (χ4v) is 2.53. The lowest BCUT2D eigenvalue weighted by Gasteiger charge is -2.33. The van der Waals surface area contributed by atoms with Crippen molar-refractivity contribution in [3.63, 3.8) is 0 Å². The van der Waals surface area contributed by atoms with Gasteiger partial charge in [0.1, 0.15) is 0 Å². The standard InChI is InChI=1S/C15H20ClN3O2/c1-11-13(16)4-3-5-14(11)17-15(21)10-18-6-8-19(9-7-18)12(2)20/h3-5H,6-10H2,1-2H3,(H,17,21). The number of halogens is 1. The molecule has 0 spiro atoms. The molecule has 5 nitrogen and oxygen atoms in total. The lowest BCUT2D eigenvalue weighted by atomic mass is 10.2. The van der Waals surface area contributed by atoms with E-state index in [1.807, 2.05) is 19.1 Å². The highest BCUT2D eigenvalue weighted by molar-refractivity contribution is 6.31. The van der Waals surface area contributed by atoms with Crippen LogP contribution in [-0.4, -0.2) is 54.3 Å². The number of hydrogen-bond acceptors (Lipinski definition) is 3. The number of nitrogens with zero attached hydrogens (tertiary/aromatic N) is 2. The topological polar surface area (TPSA) is 52.7 Å². The van der Waals surface area contributed by atoms with Gasteiger partial charge in [0.15, 0.2) is 0 Å². The molecule has 0 aromatic heterocycles. The lowest BCUT2D eigenvalue weighted by Crippen LogP contribution is -2.49. The van der Waals surface area contributed by atoms with Crippen LogP contribution in [0.4, 0.5) is 5.69 Å². The van der Waals surface area contributed by atoms with Crippen LogP contribution in [0.15, 0.2) is 18.2 Å². The van der Waals surface area contributed by atoms with E-state index in [-0.39, 0.29) is 11.8 Å². The molecule has 0 bridgehead atoms. The van der Waals surface area contributed by atoms with Gasteiger partial charge < -0.3 is 10.2 Å². The van der Waals surface area contributed by atoms with Crippen LogP contribution in [0.5, 0.6) is 0 Å². The average Bonchev–Trinajstić information content (AvgIpc) is 2.44. The summed E-state index contributed by atoms with van der Waals surface area (Å²) in [5, 5.41) is 3.53. The number of benzene rings is 1. The van der Waals surface area contributed by atoms with Crippen LogP contribution >= 0.6 is 11.6 Å². The molecule has 1 fully saturated rings. The highest BCUT2D eigenvalue weighted by atomic mass is 35.5. The summed E-state index contributed by atoms with van der Waals surface area (Å²) >= 11 is 6.04. The van der Waals surface area contributed by atoms with Gasteiger partial charge in [0, 0.05) is 43.8 Å². The van der Waals surface area contributed by atoms with Gasteiger partial charge in [-0.2, -0.15) is 0 Å². The average molecular weight is 310 g/mol. The van der Waals surface area contributed by atoms with E-state index >= 15 is 0 Å². The maximum atomic E-state index is 12.1. The molecule has 2 rings (SSSR count). The van der Waals surface area contributed by atoms with Crippen LogP contribution < -0.4 is 5.32 Å². The number of carbonyl (C=O) groups is 2. The lowest BCUT2D eigenvalue weighted by molar-refractivity contribution is -0.130. The van der Waals surface area contributed by atoms with Crippen molar-refractivity contribution in [3.05, 3.63) is 28.8 Å². The summed E-state index contributed by atoms with van der Waals surface area (Å²) in [6.07, 6.45) is 0. The maximum absolute atomic E-state index is 12.1. The van der Waals surface area contributed by atoms with Gasteiger partial charge in [-0.05, 0) is 24.6 Å². The van der Waals surface area contributed by atoms with Gasteiger partial charge in [-0.15, -0.1) is 0 Å². The SMILES string of the molecule is CC(=O)N1CCN(CC(=O)Nc2cccc(Cl)c2C)CC1. The highest BCUT2D eigenvalue weighted by Gasteiger charge is 2.20. The zero-order valence-corrected chi connectivity index (χ0v) is 13.1. The van der Waals surface area contributed by atoms with Gasteiger partial charge in [-0.3, -0.25) is 14.5 Å². The van der Waals surface area contributed by atoms with Crippen molar-refractivity contribution in [3.8, 4) is 0 Å². The second kappa shape index (κ2) is 6.91. The summed E-state index contributed by atoms with van der Waals surface area (Å²) in [4.78, 5) is 27.2. The van der Waals surface area contributed by atoms with E-state index in [0.717, 1.165) is 24.3 Å². The third-order valence-corrected chi connectivity index (χ3v) is 4.14. The molecule has 1 aliphatic rings. The van der Waals surface area contributed by atoms with E-state index in [1.54, 1.807) is 17.9 Å². The van der Waals surface area contributed by atoms with Crippen molar-refractivity contribution in [2.45, 2.75) is 13.8 Å². The molecule has 1 aliphatic heterocycles. The molecule has 0 saturated carbocycles. The van der Waals surface area contributed by atoms with E-state index in [1.165, 1.54) is 0 Å². The second-order valence-electron chi connectivity index (χ2n) is 5.24. The molecule has 1 aromatic carbocycles. The largest absolute Gasteiger partial charge is 0.340 e. The molecule has 1 aromatic rings. The number of amides is 2. The molecule has 0 unspecified atom stereocenters. The fourth-order valence-electron chi connectivity index (χ4n) is 2.36. The molecular formula is C15H20ClN3O2. The summed E-state index contributed by atoms with van der Waals surface area (Å²) in [7, 11) is 0. The van der Waals surface area contributed by atoms with Crippen molar-refractivity contribution in [2.75, 3.05) is 38.0 Å². The van der Waals surface area contributed by atoms with Crippen molar-refractivity contribution in [1.82, 2.24) is 9.80 Å². The van der Waals surface area contributed by atoms with Crippen molar-refractivity contribution < 1.29 is 9.59 Å². The summed E-state index contributed by atoms with van der Waals surface area (Å²) in [6, 6.07) is 5.46. The first-order valence-corrected chi connectivity index (χ1v) is 7.38. The van der Waals surface area contributed by atoms with Crippen molar-refractivity contribution in [1.29, 1.82) is 0 Å². The van der Waals surface area contributed by atoms with Gasteiger partial charge in [-0.1, -0.05) is 17.7 Å². The monoisotopic (exact) mass is 309 g/mol. The number of carbonyl (C=O) groups excluding carboxylic acids is 2. The van der Waals surface area contributed by atoms with Crippen LogP contribution in [0, 0.1) is 6.92 Å². The Morgan fingerprint density at radius 2 is 1.90 bits per heavy atom. The summed E-state index contributed by atoms with van der Waals surface area (Å²) in [5.74, 6) is 0.0327. The van der Waals surface area contributed by atoms with E-state index in [4.69, 9.17) is 11.6 Å². The molecule has 0 atom stereocenters. The molecule has 1 heterocycles. The van der Waals surface area contributed by atoms with Crippen LogP contribution in [-0.2, 0) is 9.59 Å². The molecule has 0 radical (unpaired) electrons. The first kappa shape index (κ1) is 15.8. The van der Waals surface area contributed by atoms with Crippen molar-refractivity contribution in [2.24, 2.45) is 0 Å². The minimum atomic E-state index is -0.0587. The molecule has 0 aliphatic carbocycles. The minimum Gasteiger partial charge on any atom is -0.340 e.